The lowest BCUT2D eigenvalue weighted by Crippen LogP contribution is -2.33. The molecule has 7 heteroatoms. The quantitative estimate of drug-likeness (QED) is 0.607. The lowest BCUT2D eigenvalue weighted by Gasteiger charge is -2.27. The third-order valence-corrected chi connectivity index (χ3v) is 5.22. The molecule has 2 aromatic heterocycles. The molecule has 0 radical (unpaired) electrons. The summed E-state index contributed by atoms with van der Waals surface area (Å²) in [5.41, 5.74) is 1.33. The van der Waals surface area contributed by atoms with Crippen molar-refractivity contribution in [2.75, 3.05) is 27.2 Å². The minimum atomic E-state index is -0.691. The SMILES string of the molecule is CN(C)CCCN1C(=O)C(O)=C(C(=O)c2cc3ccccc3o2)[C@H]1c1ccncc1. The molecule has 7 nitrogen and oxygen atoms in total. The van der Waals surface area contributed by atoms with Crippen LogP contribution in [0.4, 0.5) is 0 Å². The van der Waals surface area contributed by atoms with E-state index < -0.39 is 23.5 Å². The number of fused-ring (bicyclic) bond motifs is 1. The largest absolute Gasteiger partial charge is 0.503 e. The van der Waals surface area contributed by atoms with Gasteiger partial charge in [-0.3, -0.25) is 14.6 Å². The van der Waals surface area contributed by atoms with Gasteiger partial charge in [0.15, 0.2) is 11.5 Å². The van der Waals surface area contributed by atoms with Crippen LogP contribution in [0.1, 0.15) is 28.6 Å². The van der Waals surface area contributed by atoms with E-state index in [1.807, 2.05) is 37.2 Å². The van der Waals surface area contributed by atoms with E-state index >= 15 is 0 Å². The zero-order chi connectivity index (χ0) is 21.3. The van der Waals surface area contributed by atoms with Crippen LogP contribution in [0.25, 0.3) is 11.0 Å². The number of rotatable bonds is 7. The molecular formula is C23H23N3O4. The van der Waals surface area contributed by atoms with Crippen molar-refractivity contribution in [2.45, 2.75) is 12.5 Å². The van der Waals surface area contributed by atoms with E-state index in [-0.39, 0.29) is 11.3 Å². The molecule has 1 amide bonds. The molecule has 4 rings (SSSR count). The van der Waals surface area contributed by atoms with Crippen molar-refractivity contribution in [1.29, 1.82) is 0 Å². The first-order valence-corrected chi connectivity index (χ1v) is 9.79. The molecule has 1 aliphatic rings. The zero-order valence-corrected chi connectivity index (χ0v) is 16.9. The molecule has 0 saturated heterocycles. The molecule has 1 N–H and O–H groups in total. The predicted octanol–water partition coefficient (Wildman–Crippen LogP) is 3.36. The lowest BCUT2D eigenvalue weighted by atomic mass is 9.95. The highest BCUT2D eigenvalue weighted by Crippen LogP contribution is 2.39. The van der Waals surface area contributed by atoms with Gasteiger partial charge in [-0.1, -0.05) is 18.2 Å². The molecule has 1 aliphatic heterocycles. The van der Waals surface area contributed by atoms with Gasteiger partial charge in [-0.05, 0) is 56.9 Å². The summed E-state index contributed by atoms with van der Waals surface area (Å²) in [6.45, 7) is 1.19. The van der Waals surface area contributed by atoms with Crippen molar-refractivity contribution in [2.24, 2.45) is 0 Å². The summed E-state index contributed by atoms with van der Waals surface area (Å²) in [7, 11) is 3.91. The number of ketones is 1. The van der Waals surface area contributed by atoms with Crippen molar-refractivity contribution in [3.05, 3.63) is 77.5 Å². The monoisotopic (exact) mass is 405 g/mol. The second-order valence-corrected chi connectivity index (χ2v) is 7.58. The zero-order valence-electron chi connectivity index (χ0n) is 16.9. The second-order valence-electron chi connectivity index (χ2n) is 7.58. The number of furan rings is 1. The average Bonchev–Trinajstić information content (AvgIpc) is 3.28. The molecule has 154 valence electrons. The van der Waals surface area contributed by atoms with Crippen molar-refractivity contribution < 1.29 is 19.1 Å². The summed E-state index contributed by atoms with van der Waals surface area (Å²) in [4.78, 5) is 33.9. The second kappa shape index (κ2) is 8.12. The number of aromatic nitrogens is 1. The molecule has 0 bridgehead atoms. The highest BCUT2D eigenvalue weighted by Gasteiger charge is 2.44. The van der Waals surface area contributed by atoms with Gasteiger partial charge in [0, 0.05) is 24.3 Å². The van der Waals surface area contributed by atoms with Crippen LogP contribution in [-0.4, -0.2) is 58.8 Å². The fourth-order valence-electron chi connectivity index (χ4n) is 3.79. The van der Waals surface area contributed by atoms with Gasteiger partial charge in [-0.15, -0.1) is 0 Å². The van der Waals surface area contributed by atoms with Crippen LogP contribution in [0.15, 0.2) is 70.6 Å². The van der Waals surface area contributed by atoms with Gasteiger partial charge in [0.05, 0.1) is 11.6 Å². The Morgan fingerprint density at radius 3 is 2.63 bits per heavy atom. The number of hydrogen-bond acceptors (Lipinski definition) is 6. The number of pyridine rings is 1. The van der Waals surface area contributed by atoms with Crippen LogP contribution in [0.3, 0.4) is 0 Å². The summed E-state index contributed by atoms with van der Waals surface area (Å²) < 4.78 is 5.71. The molecule has 0 aliphatic carbocycles. The van der Waals surface area contributed by atoms with E-state index in [2.05, 4.69) is 4.98 Å². The fourth-order valence-corrected chi connectivity index (χ4v) is 3.79. The normalized spacial score (nSPS) is 16.8. The van der Waals surface area contributed by atoms with Crippen LogP contribution in [0.2, 0.25) is 0 Å². The topological polar surface area (TPSA) is 86.9 Å². The van der Waals surface area contributed by atoms with E-state index in [4.69, 9.17) is 4.42 Å². The van der Waals surface area contributed by atoms with E-state index in [0.29, 0.717) is 24.1 Å². The lowest BCUT2D eigenvalue weighted by molar-refractivity contribution is -0.129. The Morgan fingerprint density at radius 2 is 1.93 bits per heavy atom. The number of benzene rings is 1. The minimum absolute atomic E-state index is 0.0371. The van der Waals surface area contributed by atoms with Gasteiger partial charge in [-0.25, -0.2) is 0 Å². The fraction of sp³-hybridized carbons (Fsp3) is 0.261. The molecule has 30 heavy (non-hydrogen) atoms. The Balaban J connectivity index is 1.73. The first-order valence-electron chi connectivity index (χ1n) is 9.79. The number of nitrogens with zero attached hydrogens (tertiary/aromatic N) is 3. The van der Waals surface area contributed by atoms with Gasteiger partial charge in [0.2, 0.25) is 5.78 Å². The first kappa shape index (κ1) is 19.8. The molecule has 1 aromatic carbocycles. The van der Waals surface area contributed by atoms with Crippen molar-refractivity contribution in [3.8, 4) is 0 Å². The number of amides is 1. The Hall–Kier alpha value is -3.45. The predicted molar refractivity (Wildman–Crippen MR) is 112 cm³/mol. The van der Waals surface area contributed by atoms with Crippen molar-refractivity contribution >= 4 is 22.7 Å². The maximum absolute atomic E-state index is 13.4. The number of aliphatic hydroxyl groups excluding tert-OH is 1. The number of Topliss-reactive ketones (excluding diaryl/α,β-unsaturated/α-hetero) is 1. The Kier molecular flexibility index (Phi) is 5.37. The van der Waals surface area contributed by atoms with E-state index in [1.54, 1.807) is 41.6 Å². The summed E-state index contributed by atoms with van der Waals surface area (Å²) in [6, 6.07) is 11.7. The molecule has 3 heterocycles. The Morgan fingerprint density at radius 1 is 1.20 bits per heavy atom. The molecule has 0 spiro atoms. The van der Waals surface area contributed by atoms with Gasteiger partial charge >= 0.3 is 0 Å². The summed E-state index contributed by atoms with van der Waals surface area (Å²) in [5.74, 6) is -1.46. The smallest absolute Gasteiger partial charge is 0.290 e. The number of hydrogen-bond donors (Lipinski definition) is 1. The van der Waals surface area contributed by atoms with Crippen molar-refractivity contribution in [1.82, 2.24) is 14.8 Å². The van der Waals surface area contributed by atoms with E-state index in [9.17, 15) is 14.7 Å². The van der Waals surface area contributed by atoms with Crippen LogP contribution >= 0.6 is 0 Å². The maximum atomic E-state index is 13.4. The van der Waals surface area contributed by atoms with Gasteiger partial charge < -0.3 is 19.3 Å². The summed E-state index contributed by atoms with van der Waals surface area (Å²) in [5, 5.41) is 11.5. The highest BCUT2D eigenvalue weighted by molar-refractivity contribution is 6.16. The van der Waals surface area contributed by atoms with E-state index in [1.165, 1.54) is 0 Å². The standard InChI is InChI=1S/C23H23N3O4/c1-25(2)12-5-13-26-20(15-8-10-24-11-9-15)19(22(28)23(26)29)21(27)18-14-16-6-3-4-7-17(16)30-18/h3-4,6-11,14,20,28H,5,12-13H2,1-2H3/t20-/m1/s1. The van der Waals surface area contributed by atoms with Gasteiger partial charge in [0.25, 0.3) is 5.91 Å². The van der Waals surface area contributed by atoms with E-state index in [0.717, 1.165) is 11.9 Å². The molecule has 1 atom stereocenters. The van der Waals surface area contributed by atoms with Crippen LogP contribution in [0.5, 0.6) is 0 Å². The molecule has 0 unspecified atom stereocenters. The van der Waals surface area contributed by atoms with Crippen molar-refractivity contribution in [3.63, 3.8) is 0 Å². The molecule has 3 aromatic rings. The molecule has 0 saturated carbocycles. The maximum Gasteiger partial charge on any atom is 0.290 e. The Labute approximate surface area is 174 Å². The van der Waals surface area contributed by atoms with Gasteiger partial charge in [0.1, 0.15) is 5.58 Å². The molecule has 0 fully saturated rings. The summed E-state index contributed by atoms with van der Waals surface area (Å²) >= 11 is 0. The average molecular weight is 405 g/mol. The third-order valence-electron chi connectivity index (χ3n) is 5.22. The summed E-state index contributed by atoms with van der Waals surface area (Å²) in [6.07, 6.45) is 3.92. The van der Waals surface area contributed by atoms with Gasteiger partial charge in [-0.2, -0.15) is 0 Å². The van der Waals surface area contributed by atoms with Crippen LogP contribution in [0, 0.1) is 0 Å². The molecular weight excluding hydrogens is 382 g/mol. The van der Waals surface area contributed by atoms with Crippen LogP contribution < -0.4 is 0 Å². The number of carbonyl (C=O) groups is 2. The van der Waals surface area contributed by atoms with Crippen LogP contribution in [-0.2, 0) is 4.79 Å². The first-order chi connectivity index (χ1) is 14.5. The highest BCUT2D eigenvalue weighted by atomic mass is 16.3. The number of carbonyl (C=O) groups excluding carboxylic acids is 2. The Bertz CT molecular complexity index is 1080. The number of para-hydroxylation sites is 1. The minimum Gasteiger partial charge on any atom is -0.503 e. The third kappa shape index (κ3) is 3.59. The number of aliphatic hydroxyl groups is 1.